The molecule has 0 atom stereocenters. The van der Waals surface area contributed by atoms with E-state index in [-0.39, 0.29) is 28.6 Å². The van der Waals surface area contributed by atoms with Crippen molar-refractivity contribution in [1.29, 1.82) is 0 Å². The molecule has 32 heavy (non-hydrogen) atoms. The van der Waals surface area contributed by atoms with Crippen LogP contribution in [0.2, 0.25) is 5.02 Å². The molecule has 3 aromatic rings. The largest absolute Gasteiger partial charge is 0.423 e. The van der Waals surface area contributed by atoms with E-state index in [4.69, 9.17) is 21.1 Å². The summed E-state index contributed by atoms with van der Waals surface area (Å²) in [5, 5.41) is 11.2. The van der Waals surface area contributed by atoms with Crippen LogP contribution < -0.4 is 4.74 Å². The number of carbonyl (C=O) groups excluding carboxylic acids is 2. The van der Waals surface area contributed by atoms with Crippen LogP contribution in [0.15, 0.2) is 83.5 Å². The zero-order valence-electron chi connectivity index (χ0n) is 16.2. The predicted molar refractivity (Wildman–Crippen MR) is 117 cm³/mol. The smallest absolute Gasteiger partial charge is 0.363 e. The molecule has 0 N–H and O–H groups in total. The van der Waals surface area contributed by atoms with Gasteiger partial charge in [0, 0.05) is 22.7 Å². The molecule has 0 aliphatic carbocycles. The first-order valence-corrected chi connectivity index (χ1v) is 9.62. The van der Waals surface area contributed by atoms with Crippen molar-refractivity contribution in [3.05, 3.63) is 110 Å². The average Bonchev–Trinajstić information content (AvgIpc) is 3.15. The summed E-state index contributed by atoms with van der Waals surface area (Å²) in [5.41, 5.74) is 1.41. The summed E-state index contributed by atoms with van der Waals surface area (Å²) >= 11 is 5.96. The fourth-order valence-electron chi connectivity index (χ4n) is 2.83. The third-order valence-corrected chi connectivity index (χ3v) is 4.64. The first kappa shape index (κ1) is 21.0. The van der Waals surface area contributed by atoms with Crippen LogP contribution in [0.1, 0.15) is 21.5 Å². The standard InChI is InChI=1S/C23H13ClN2O6/c24-17-3-1-2-16(13-17)21-25-20(23(28)32-21)12-14-4-10-19(11-5-14)31-22(27)15-6-8-18(9-7-15)26(29)30/h1-13H. The lowest BCUT2D eigenvalue weighted by Crippen LogP contribution is -2.08. The second-order valence-corrected chi connectivity index (χ2v) is 7.05. The Bertz CT molecular complexity index is 1280. The van der Waals surface area contributed by atoms with Gasteiger partial charge in [0.2, 0.25) is 5.90 Å². The number of ether oxygens (including phenoxy) is 2. The molecule has 0 radical (unpaired) electrons. The van der Waals surface area contributed by atoms with E-state index in [1.54, 1.807) is 54.6 Å². The molecule has 4 rings (SSSR count). The van der Waals surface area contributed by atoms with Gasteiger partial charge in [-0.3, -0.25) is 10.1 Å². The van der Waals surface area contributed by atoms with E-state index in [0.29, 0.717) is 16.1 Å². The van der Waals surface area contributed by atoms with Gasteiger partial charge in [-0.2, -0.15) is 0 Å². The minimum Gasteiger partial charge on any atom is -0.423 e. The Balaban J connectivity index is 1.46. The number of hydrogen-bond donors (Lipinski definition) is 0. The number of hydrogen-bond acceptors (Lipinski definition) is 7. The SMILES string of the molecule is O=C1OC(c2cccc(Cl)c2)=NC1=Cc1ccc(OC(=O)c2ccc([N+](=O)[O-])cc2)cc1. The predicted octanol–water partition coefficient (Wildman–Crippen LogP) is 4.81. The zero-order valence-corrected chi connectivity index (χ0v) is 17.0. The summed E-state index contributed by atoms with van der Waals surface area (Å²) < 4.78 is 10.5. The van der Waals surface area contributed by atoms with Crippen LogP contribution in [-0.4, -0.2) is 22.8 Å². The molecule has 1 aliphatic heterocycles. The van der Waals surface area contributed by atoms with Crippen molar-refractivity contribution in [3.8, 4) is 5.75 Å². The molecule has 8 nitrogen and oxygen atoms in total. The second kappa shape index (κ2) is 8.83. The second-order valence-electron chi connectivity index (χ2n) is 6.61. The van der Waals surface area contributed by atoms with Gasteiger partial charge < -0.3 is 9.47 Å². The number of nitrogens with zero attached hydrogens (tertiary/aromatic N) is 2. The molecule has 9 heteroatoms. The summed E-state index contributed by atoms with van der Waals surface area (Å²) in [7, 11) is 0. The number of nitro benzene ring substituents is 1. The molecule has 1 aliphatic rings. The Hall–Kier alpha value is -4.30. The number of benzene rings is 3. The van der Waals surface area contributed by atoms with Crippen molar-refractivity contribution in [2.75, 3.05) is 0 Å². The van der Waals surface area contributed by atoms with E-state index >= 15 is 0 Å². The molecule has 158 valence electrons. The van der Waals surface area contributed by atoms with Crippen LogP contribution in [0.5, 0.6) is 5.75 Å². The molecule has 0 bridgehead atoms. The molecule has 0 saturated heterocycles. The van der Waals surface area contributed by atoms with Gasteiger partial charge in [-0.25, -0.2) is 14.6 Å². The van der Waals surface area contributed by atoms with Crippen molar-refractivity contribution in [3.63, 3.8) is 0 Å². The van der Waals surface area contributed by atoms with Gasteiger partial charge in [0.05, 0.1) is 10.5 Å². The average molecular weight is 449 g/mol. The number of cyclic esters (lactones) is 1. The highest BCUT2D eigenvalue weighted by atomic mass is 35.5. The number of aliphatic imine (C=N–C) groups is 1. The van der Waals surface area contributed by atoms with Gasteiger partial charge in [-0.1, -0.05) is 29.8 Å². The van der Waals surface area contributed by atoms with Crippen molar-refractivity contribution >= 4 is 41.2 Å². The molecule has 1 heterocycles. The maximum atomic E-state index is 12.2. The molecular formula is C23H13ClN2O6. The van der Waals surface area contributed by atoms with Crippen LogP contribution in [-0.2, 0) is 9.53 Å². The lowest BCUT2D eigenvalue weighted by molar-refractivity contribution is -0.384. The van der Waals surface area contributed by atoms with E-state index in [0.717, 1.165) is 0 Å². The van der Waals surface area contributed by atoms with Crippen LogP contribution >= 0.6 is 11.6 Å². The normalized spacial score (nSPS) is 14.1. The van der Waals surface area contributed by atoms with Crippen molar-refractivity contribution < 1.29 is 24.0 Å². The van der Waals surface area contributed by atoms with Crippen molar-refractivity contribution in [1.82, 2.24) is 0 Å². The van der Waals surface area contributed by atoms with Gasteiger partial charge >= 0.3 is 11.9 Å². The lowest BCUT2D eigenvalue weighted by atomic mass is 10.2. The summed E-state index contributed by atoms with van der Waals surface area (Å²) in [4.78, 5) is 38.7. The number of esters is 2. The van der Waals surface area contributed by atoms with E-state index in [2.05, 4.69) is 4.99 Å². The number of rotatable bonds is 5. The van der Waals surface area contributed by atoms with Crippen molar-refractivity contribution in [2.24, 2.45) is 4.99 Å². The van der Waals surface area contributed by atoms with Crippen molar-refractivity contribution in [2.45, 2.75) is 0 Å². The minimum absolute atomic E-state index is 0.120. The van der Waals surface area contributed by atoms with Crippen LogP contribution in [0.3, 0.4) is 0 Å². The summed E-state index contributed by atoms with van der Waals surface area (Å²) in [6.45, 7) is 0. The Morgan fingerprint density at radius 1 is 1.06 bits per heavy atom. The van der Waals surface area contributed by atoms with Gasteiger partial charge in [-0.15, -0.1) is 0 Å². The van der Waals surface area contributed by atoms with E-state index < -0.39 is 16.9 Å². The third-order valence-electron chi connectivity index (χ3n) is 4.40. The molecule has 0 aromatic heterocycles. The number of halogens is 1. The first-order chi connectivity index (χ1) is 15.4. The number of carbonyl (C=O) groups is 2. The lowest BCUT2D eigenvalue weighted by Gasteiger charge is -2.04. The summed E-state index contributed by atoms with van der Waals surface area (Å²) in [5.74, 6) is -0.806. The van der Waals surface area contributed by atoms with Crippen LogP contribution in [0.25, 0.3) is 6.08 Å². The molecule has 0 unspecified atom stereocenters. The Kier molecular flexibility index (Phi) is 5.78. The maximum absolute atomic E-state index is 12.2. The molecule has 0 spiro atoms. The zero-order chi connectivity index (χ0) is 22.7. The fraction of sp³-hybridized carbons (Fsp3) is 0. The van der Waals surface area contributed by atoms with Crippen LogP contribution in [0.4, 0.5) is 5.69 Å². The fourth-order valence-corrected chi connectivity index (χ4v) is 3.02. The Morgan fingerprint density at radius 2 is 1.78 bits per heavy atom. The number of non-ortho nitro benzene ring substituents is 1. The molecular weight excluding hydrogens is 436 g/mol. The van der Waals surface area contributed by atoms with Gasteiger partial charge in [0.15, 0.2) is 5.70 Å². The van der Waals surface area contributed by atoms with Crippen LogP contribution in [0, 0.1) is 10.1 Å². The van der Waals surface area contributed by atoms with Gasteiger partial charge in [-0.05, 0) is 54.1 Å². The third kappa shape index (κ3) is 4.71. The first-order valence-electron chi connectivity index (χ1n) is 9.24. The van der Waals surface area contributed by atoms with E-state index in [1.807, 2.05) is 0 Å². The quantitative estimate of drug-likeness (QED) is 0.182. The minimum atomic E-state index is -0.652. The topological polar surface area (TPSA) is 108 Å². The molecule has 3 aromatic carbocycles. The summed E-state index contributed by atoms with van der Waals surface area (Å²) in [6.07, 6.45) is 1.54. The maximum Gasteiger partial charge on any atom is 0.363 e. The Labute approximate surface area is 186 Å². The molecule has 0 fully saturated rings. The van der Waals surface area contributed by atoms with E-state index in [9.17, 15) is 19.7 Å². The number of nitro groups is 1. The highest BCUT2D eigenvalue weighted by Crippen LogP contribution is 2.22. The summed E-state index contributed by atoms with van der Waals surface area (Å²) in [6, 6.07) is 18.3. The van der Waals surface area contributed by atoms with Gasteiger partial charge in [0.25, 0.3) is 5.69 Å². The van der Waals surface area contributed by atoms with E-state index in [1.165, 1.54) is 24.3 Å². The molecule has 0 saturated carbocycles. The monoisotopic (exact) mass is 448 g/mol. The Morgan fingerprint density at radius 3 is 2.44 bits per heavy atom. The highest BCUT2D eigenvalue weighted by molar-refractivity contribution is 6.31. The molecule has 0 amide bonds. The van der Waals surface area contributed by atoms with Gasteiger partial charge in [0.1, 0.15) is 5.75 Å². The highest BCUT2D eigenvalue weighted by Gasteiger charge is 2.24.